The Balaban J connectivity index is 1.21. The van der Waals surface area contributed by atoms with Gasteiger partial charge in [0.25, 0.3) is 0 Å². The van der Waals surface area contributed by atoms with Gasteiger partial charge in [-0.3, -0.25) is 4.79 Å². The zero-order chi connectivity index (χ0) is 22.9. The van der Waals surface area contributed by atoms with Crippen LogP contribution in [0.1, 0.15) is 23.1 Å². The molecule has 0 aromatic heterocycles. The van der Waals surface area contributed by atoms with Gasteiger partial charge < -0.3 is 10.6 Å². The molecule has 1 amide bonds. The van der Waals surface area contributed by atoms with Crippen molar-refractivity contribution in [2.75, 3.05) is 5.32 Å². The van der Waals surface area contributed by atoms with Crippen molar-refractivity contribution >= 4 is 23.2 Å². The highest BCUT2D eigenvalue weighted by atomic mass is 35.5. The predicted molar refractivity (Wildman–Crippen MR) is 137 cm³/mol. The number of carbonyl (C=O) groups excluding carboxylic acids is 1. The van der Waals surface area contributed by atoms with Crippen LogP contribution < -0.4 is 10.6 Å². The lowest BCUT2D eigenvalue weighted by atomic mass is 10.1. The normalized spacial score (nSPS) is 10.7. The van der Waals surface area contributed by atoms with Gasteiger partial charge in [0.1, 0.15) is 0 Å². The van der Waals surface area contributed by atoms with Crippen molar-refractivity contribution in [3.63, 3.8) is 0 Å². The summed E-state index contributed by atoms with van der Waals surface area (Å²) < 4.78 is 0. The van der Waals surface area contributed by atoms with Crippen LogP contribution in [-0.4, -0.2) is 5.91 Å². The van der Waals surface area contributed by atoms with E-state index in [1.807, 2.05) is 54.6 Å². The first-order valence-corrected chi connectivity index (χ1v) is 11.5. The SMILES string of the molecule is O=C(CCc1ccc(CNCc2ccccc2)cc1)Nc1ccc(-c2ccc(Cl)cc2)cc1. The van der Waals surface area contributed by atoms with E-state index in [0.29, 0.717) is 12.8 Å². The molecule has 0 fully saturated rings. The number of carbonyl (C=O) groups is 1. The van der Waals surface area contributed by atoms with E-state index in [0.717, 1.165) is 40.5 Å². The average molecular weight is 455 g/mol. The lowest BCUT2D eigenvalue weighted by molar-refractivity contribution is -0.116. The molecule has 4 aromatic carbocycles. The molecule has 0 aliphatic carbocycles. The van der Waals surface area contributed by atoms with Crippen LogP contribution >= 0.6 is 11.6 Å². The number of hydrogen-bond acceptors (Lipinski definition) is 2. The molecule has 0 heterocycles. The summed E-state index contributed by atoms with van der Waals surface area (Å²) in [6.45, 7) is 1.67. The predicted octanol–water partition coefficient (Wildman–Crippen LogP) is 6.87. The fourth-order valence-electron chi connectivity index (χ4n) is 3.64. The average Bonchev–Trinajstić information content (AvgIpc) is 2.85. The maximum atomic E-state index is 12.4. The summed E-state index contributed by atoms with van der Waals surface area (Å²) in [4.78, 5) is 12.4. The van der Waals surface area contributed by atoms with Crippen molar-refractivity contribution in [2.45, 2.75) is 25.9 Å². The minimum Gasteiger partial charge on any atom is -0.326 e. The number of amides is 1. The summed E-state index contributed by atoms with van der Waals surface area (Å²) in [7, 11) is 0. The molecule has 0 aliphatic rings. The summed E-state index contributed by atoms with van der Waals surface area (Å²) in [6, 6.07) is 34.4. The van der Waals surface area contributed by atoms with Crippen LogP contribution in [-0.2, 0) is 24.3 Å². The van der Waals surface area contributed by atoms with Crippen molar-refractivity contribution in [1.29, 1.82) is 0 Å². The highest BCUT2D eigenvalue weighted by molar-refractivity contribution is 6.30. The van der Waals surface area contributed by atoms with Gasteiger partial charge >= 0.3 is 0 Å². The van der Waals surface area contributed by atoms with Crippen LogP contribution in [0.2, 0.25) is 5.02 Å². The van der Waals surface area contributed by atoms with E-state index in [-0.39, 0.29) is 5.91 Å². The van der Waals surface area contributed by atoms with E-state index in [2.05, 4.69) is 59.2 Å². The zero-order valence-corrected chi connectivity index (χ0v) is 19.2. The molecule has 33 heavy (non-hydrogen) atoms. The fraction of sp³-hybridized carbons (Fsp3) is 0.138. The quantitative estimate of drug-likeness (QED) is 0.290. The molecule has 3 nitrogen and oxygen atoms in total. The van der Waals surface area contributed by atoms with Gasteiger partial charge in [0.15, 0.2) is 0 Å². The van der Waals surface area contributed by atoms with Gasteiger partial charge in [0, 0.05) is 30.2 Å². The number of halogens is 1. The molecule has 4 rings (SSSR count). The molecule has 4 heteroatoms. The minimum atomic E-state index is 0.0165. The Labute approximate surface area is 200 Å². The van der Waals surface area contributed by atoms with E-state index < -0.39 is 0 Å². The highest BCUT2D eigenvalue weighted by Crippen LogP contribution is 2.23. The largest absolute Gasteiger partial charge is 0.326 e. The maximum Gasteiger partial charge on any atom is 0.224 e. The molecule has 0 spiro atoms. The molecule has 0 atom stereocenters. The number of rotatable bonds is 9. The van der Waals surface area contributed by atoms with Crippen molar-refractivity contribution < 1.29 is 4.79 Å². The Morgan fingerprint density at radius 2 is 1.18 bits per heavy atom. The van der Waals surface area contributed by atoms with Crippen LogP contribution in [0.25, 0.3) is 11.1 Å². The molecule has 0 saturated carbocycles. The van der Waals surface area contributed by atoms with Crippen LogP contribution in [0.4, 0.5) is 5.69 Å². The first kappa shape index (κ1) is 22.8. The van der Waals surface area contributed by atoms with Crippen LogP contribution in [0.5, 0.6) is 0 Å². The Morgan fingerprint density at radius 3 is 1.82 bits per heavy atom. The highest BCUT2D eigenvalue weighted by Gasteiger charge is 2.05. The molecule has 0 unspecified atom stereocenters. The third kappa shape index (κ3) is 7.04. The molecular weight excluding hydrogens is 428 g/mol. The zero-order valence-electron chi connectivity index (χ0n) is 18.4. The Bertz CT molecular complexity index is 1160. The van der Waals surface area contributed by atoms with Crippen LogP contribution in [0.3, 0.4) is 0 Å². The molecular formula is C29H27ClN2O. The van der Waals surface area contributed by atoms with Crippen molar-refractivity contribution in [3.05, 3.63) is 125 Å². The topological polar surface area (TPSA) is 41.1 Å². The second-order valence-corrected chi connectivity index (χ2v) is 8.47. The number of anilines is 1. The number of hydrogen-bond donors (Lipinski definition) is 2. The second-order valence-electron chi connectivity index (χ2n) is 8.04. The number of benzene rings is 4. The minimum absolute atomic E-state index is 0.0165. The van der Waals surface area contributed by atoms with E-state index >= 15 is 0 Å². The van der Waals surface area contributed by atoms with Gasteiger partial charge in [0.2, 0.25) is 5.91 Å². The Morgan fingerprint density at radius 1 is 0.636 bits per heavy atom. The molecule has 0 bridgehead atoms. The molecule has 0 aliphatic heterocycles. The smallest absolute Gasteiger partial charge is 0.224 e. The fourth-order valence-corrected chi connectivity index (χ4v) is 3.77. The summed E-state index contributed by atoms with van der Waals surface area (Å²) in [6.07, 6.45) is 1.16. The Hall–Kier alpha value is -3.40. The number of nitrogens with one attached hydrogen (secondary N) is 2. The first-order valence-electron chi connectivity index (χ1n) is 11.1. The maximum absolute atomic E-state index is 12.4. The number of aryl methyl sites for hydroxylation is 1. The molecule has 4 aromatic rings. The molecule has 0 saturated heterocycles. The summed E-state index contributed by atoms with van der Waals surface area (Å²) >= 11 is 5.95. The van der Waals surface area contributed by atoms with Crippen molar-refractivity contribution in [1.82, 2.24) is 5.32 Å². The van der Waals surface area contributed by atoms with Gasteiger partial charge in [-0.15, -0.1) is 0 Å². The third-order valence-electron chi connectivity index (χ3n) is 5.51. The van der Waals surface area contributed by atoms with E-state index in [1.54, 1.807) is 0 Å². The summed E-state index contributed by atoms with van der Waals surface area (Å²) in [5.41, 5.74) is 6.66. The van der Waals surface area contributed by atoms with E-state index in [4.69, 9.17) is 11.6 Å². The molecule has 166 valence electrons. The summed E-state index contributed by atoms with van der Waals surface area (Å²) in [5.74, 6) is 0.0165. The lowest BCUT2D eigenvalue weighted by Gasteiger charge is -2.08. The van der Waals surface area contributed by atoms with Crippen LogP contribution in [0.15, 0.2) is 103 Å². The first-order chi connectivity index (χ1) is 16.2. The third-order valence-corrected chi connectivity index (χ3v) is 5.76. The van der Waals surface area contributed by atoms with Crippen molar-refractivity contribution in [2.24, 2.45) is 0 Å². The standard InChI is InChI=1S/C29H27ClN2O/c30-27-15-11-25(12-16-27)26-13-17-28(18-14-26)32-29(33)19-10-22-6-8-24(9-7-22)21-31-20-23-4-2-1-3-5-23/h1-9,11-18,31H,10,19-21H2,(H,32,33). The van der Waals surface area contributed by atoms with Gasteiger partial charge in [-0.25, -0.2) is 0 Å². The molecule has 2 N–H and O–H groups in total. The van der Waals surface area contributed by atoms with E-state index in [1.165, 1.54) is 11.1 Å². The van der Waals surface area contributed by atoms with Gasteiger partial charge in [-0.2, -0.15) is 0 Å². The molecule has 0 radical (unpaired) electrons. The second kappa shape index (κ2) is 11.5. The van der Waals surface area contributed by atoms with Crippen LogP contribution in [0, 0.1) is 0 Å². The lowest BCUT2D eigenvalue weighted by Crippen LogP contribution is -2.13. The van der Waals surface area contributed by atoms with Gasteiger partial charge in [-0.1, -0.05) is 90.5 Å². The van der Waals surface area contributed by atoms with Crippen molar-refractivity contribution in [3.8, 4) is 11.1 Å². The summed E-state index contributed by atoms with van der Waals surface area (Å²) in [5, 5.41) is 7.17. The van der Waals surface area contributed by atoms with Gasteiger partial charge in [0.05, 0.1) is 0 Å². The monoisotopic (exact) mass is 454 g/mol. The Kier molecular flexibility index (Phi) is 7.91. The van der Waals surface area contributed by atoms with E-state index in [9.17, 15) is 4.79 Å². The van der Waals surface area contributed by atoms with Gasteiger partial charge in [-0.05, 0) is 58.5 Å².